The molecule has 0 aliphatic carbocycles. The molecule has 0 saturated carbocycles. The van der Waals surface area contributed by atoms with Crippen molar-refractivity contribution in [3.05, 3.63) is 33.9 Å². The predicted octanol–water partition coefficient (Wildman–Crippen LogP) is 2.04. The molecule has 0 spiro atoms. The van der Waals surface area contributed by atoms with E-state index in [0.717, 1.165) is 6.42 Å². The molecule has 6 heteroatoms. The number of benzene rings is 1. The maximum absolute atomic E-state index is 10.9. The van der Waals surface area contributed by atoms with E-state index in [9.17, 15) is 15.2 Å². The Morgan fingerprint density at radius 1 is 1.61 bits per heavy atom. The first-order valence-electron chi connectivity index (χ1n) is 5.69. The molecule has 0 heterocycles. The highest BCUT2D eigenvalue weighted by Crippen LogP contribution is 2.27. The zero-order valence-electron chi connectivity index (χ0n) is 10.1. The first-order valence-corrected chi connectivity index (χ1v) is 5.69. The Bertz CT molecular complexity index is 468. The van der Waals surface area contributed by atoms with Crippen LogP contribution in [0.25, 0.3) is 0 Å². The van der Waals surface area contributed by atoms with E-state index in [1.165, 1.54) is 12.1 Å². The third-order valence-electron chi connectivity index (χ3n) is 2.49. The molecule has 1 aromatic carbocycles. The molecule has 0 fully saturated rings. The Hall–Kier alpha value is -2.13. The maximum atomic E-state index is 10.9. The van der Waals surface area contributed by atoms with Gasteiger partial charge in [0.2, 0.25) is 0 Å². The minimum Gasteiger partial charge on any atom is -0.391 e. The smallest absolute Gasteiger partial charge is 0.309 e. The van der Waals surface area contributed by atoms with E-state index in [1.54, 1.807) is 12.1 Å². The molecule has 1 rings (SSSR count). The summed E-state index contributed by atoms with van der Waals surface area (Å²) in [5, 5.41) is 32.1. The van der Waals surface area contributed by atoms with Crippen LogP contribution in [0.3, 0.4) is 0 Å². The molecule has 6 nitrogen and oxygen atoms in total. The lowest BCUT2D eigenvalue weighted by molar-refractivity contribution is -0.384. The summed E-state index contributed by atoms with van der Waals surface area (Å²) in [5.74, 6) is 0. The second-order valence-electron chi connectivity index (χ2n) is 3.89. The fraction of sp³-hybridized carbons (Fsp3) is 0.417. The summed E-state index contributed by atoms with van der Waals surface area (Å²) < 4.78 is 0. The highest BCUT2D eigenvalue weighted by atomic mass is 16.6. The van der Waals surface area contributed by atoms with Gasteiger partial charge in [0.1, 0.15) is 17.3 Å². The van der Waals surface area contributed by atoms with E-state index in [-0.39, 0.29) is 23.5 Å². The normalized spacial score (nSPS) is 11.6. The Labute approximate surface area is 105 Å². The Morgan fingerprint density at radius 2 is 2.33 bits per heavy atom. The number of hydrogen-bond donors (Lipinski definition) is 2. The first-order chi connectivity index (χ1) is 8.60. The average Bonchev–Trinajstić information content (AvgIpc) is 2.35. The van der Waals surface area contributed by atoms with Crippen molar-refractivity contribution in [2.45, 2.75) is 25.9 Å². The summed E-state index contributed by atoms with van der Waals surface area (Å²) in [4.78, 5) is 10.3. The summed E-state index contributed by atoms with van der Waals surface area (Å²) in [5.41, 5.74) is 0.0212. The SMILES string of the molecule is CCCC(O)CNc1cccc(C#N)c1[N+](=O)[O-]. The van der Waals surface area contributed by atoms with Crippen molar-refractivity contribution in [3.63, 3.8) is 0 Å². The van der Waals surface area contributed by atoms with Gasteiger partial charge in [-0.2, -0.15) is 5.26 Å². The van der Waals surface area contributed by atoms with Crippen molar-refractivity contribution in [2.75, 3.05) is 11.9 Å². The van der Waals surface area contributed by atoms with Crippen LogP contribution in [0.5, 0.6) is 0 Å². The fourth-order valence-corrected chi connectivity index (χ4v) is 1.64. The third-order valence-corrected chi connectivity index (χ3v) is 2.49. The summed E-state index contributed by atoms with van der Waals surface area (Å²) in [6.07, 6.45) is 0.905. The maximum Gasteiger partial charge on any atom is 0.309 e. The van der Waals surface area contributed by atoms with Crippen molar-refractivity contribution >= 4 is 11.4 Å². The minimum atomic E-state index is -0.590. The number of nitrogens with zero attached hydrogens (tertiary/aromatic N) is 2. The molecule has 0 aromatic heterocycles. The highest BCUT2D eigenvalue weighted by molar-refractivity contribution is 5.68. The van der Waals surface area contributed by atoms with Gasteiger partial charge in [-0.15, -0.1) is 0 Å². The lowest BCUT2D eigenvalue weighted by atomic mass is 10.1. The lowest BCUT2D eigenvalue weighted by Crippen LogP contribution is -2.19. The third kappa shape index (κ3) is 3.43. The van der Waals surface area contributed by atoms with Gasteiger partial charge in [-0.1, -0.05) is 19.4 Å². The number of nitrogens with one attached hydrogen (secondary N) is 1. The molecule has 0 amide bonds. The molecule has 96 valence electrons. The van der Waals surface area contributed by atoms with Crippen molar-refractivity contribution < 1.29 is 10.0 Å². The summed E-state index contributed by atoms with van der Waals surface area (Å²) in [6, 6.07) is 6.28. The number of hydrogen-bond acceptors (Lipinski definition) is 5. The zero-order chi connectivity index (χ0) is 13.5. The zero-order valence-corrected chi connectivity index (χ0v) is 10.1. The van der Waals surface area contributed by atoms with Crippen LogP contribution < -0.4 is 5.32 Å². The van der Waals surface area contributed by atoms with Crippen LogP contribution in [-0.2, 0) is 0 Å². The number of nitro groups is 1. The molecule has 0 saturated heterocycles. The van der Waals surface area contributed by atoms with Crippen LogP contribution in [0.15, 0.2) is 18.2 Å². The molecule has 1 unspecified atom stereocenters. The van der Waals surface area contributed by atoms with Crippen molar-refractivity contribution in [2.24, 2.45) is 0 Å². The van der Waals surface area contributed by atoms with E-state index < -0.39 is 11.0 Å². The number of para-hydroxylation sites is 1. The number of nitro benzene ring substituents is 1. The number of rotatable bonds is 6. The van der Waals surface area contributed by atoms with Crippen molar-refractivity contribution in [1.82, 2.24) is 0 Å². The quantitative estimate of drug-likeness (QED) is 0.593. The summed E-state index contributed by atoms with van der Waals surface area (Å²) in [7, 11) is 0. The van der Waals surface area contributed by atoms with E-state index >= 15 is 0 Å². The van der Waals surface area contributed by atoms with Crippen molar-refractivity contribution in [3.8, 4) is 6.07 Å². The molecule has 2 N–H and O–H groups in total. The second kappa shape index (κ2) is 6.57. The molecular weight excluding hydrogens is 234 g/mol. The monoisotopic (exact) mass is 249 g/mol. The van der Waals surface area contributed by atoms with Gasteiger partial charge in [0.15, 0.2) is 0 Å². The largest absolute Gasteiger partial charge is 0.391 e. The summed E-state index contributed by atoms with van der Waals surface area (Å²) >= 11 is 0. The van der Waals surface area contributed by atoms with E-state index in [4.69, 9.17) is 5.26 Å². The number of nitriles is 1. The first kappa shape index (κ1) is 13.9. The van der Waals surface area contributed by atoms with Crippen LogP contribution in [0, 0.1) is 21.4 Å². The van der Waals surface area contributed by atoms with Gasteiger partial charge >= 0.3 is 5.69 Å². The molecule has 1 aromatic rings. The predicted molar refractivity (Wildman–Crippen MR) is 67.2 cm³/mol. The van der Waals surface area contributed by atoms with Crippen LogP contribution >= 0.6 is 0 Å². The minimum absolute atomic E-state index is 0.00924. The molecular formula is C12H15N3O3. The Kier molecular flexibility index (Phi) is 5.08. The second-order valence-corrected chi connectivity index (χ2v) is 3.89. The van der Waals surface area contributed by atoms with Gasteiger partial charge in [-0.05, 0) is 18.6 Å². The molecule has 0 aliphatic heterocycles. The van der Waals surface area contributed by atoms with Gasteiger partial charge in [0.25, 0.3) is 0 Å². The molecule has 18 heavy (non-hydrogen) atoms. The van der Waals surface area contributed by atoms with Gasteiger partial charge in [-0.25, -0.2) is 0 Å². The lowest BCUT2D eigenvalue weighted by Gasteiger charge is -2.12. The van der Waals surface area contributed by atoms with E-state index in [2.05, 4.69) is 5.32 Å². The fourth-order valence-electron chi connectivity index (χ4n) is 1.64. The number of aliphatic hydroxyl groups is 1. The average molecular weight is 249 g/mol. The molecule has 1 atom stereocenters. The summed E-state index contributed by atoms with van der Waals surface area (Å²) in [6.45, 7) is 2.17. The molecule has 0 aliphatic rings. The number of anilines is 1. The van der Waals surface area contributed by atoms with Crippen LogP contribution in [-0.4, -0.2) is 22.7 Å². The Balaban J connectivity index is 2.89. The van der Waals surface area contributed by atoms with Crippen LogP contribution in [0.2, 0.25) is 0 Å². The molecule has 0 bridgehead atoms. The topological polar surface area (TPSA) is 99.2 Å². The van der Waals surface area contributed by atoms with Crippen LogP contribution in [0.4, 0.5) is 11.4 Å². The van der Waals surface area contributed by atoms with Crippen molar-refractivity contribution in [1.29, 1.82) is 5.26 Å². The molecule has 0 radical (unpaired) electrons. The van der Waals surface area contributed by atoms with Gasteiger partial charge in [-0.3, -0.25) is 10.1 Å². The standard InChI is InChI=1S/C12H15N3O3/c1-2-4-10(16)8-14-11-6-3-5-9(7-13)12(11)15(17)18/h3,5-6,10,14,16H,2,4,8H2,1H3. The van der Waals surface area contributed by atoms with E-state index in [0.29, 0.717) is 6.42 Å². The van der Waals surface area contributed by atoms with Gasteiger partial charge in [0.05, 0.1) is 11.0 Å². The van der Waals surface area contributed by atoms with Crippen LogP contribution in [0.1, 0.15) is 25.3 Å². The van der Waals surface area contributed by atoms with E-state index in [1.807, 2.05) is 6.92 Å². The van der Waals surface area contributed by atoms with Gasteiger partial charge < -0.3 is 10.4 Å². The van der Waals surface area contributed by atoms with Gasteiger partial charge in [0, 0.05) is 6.54 Å². The Morgan fingerprint density at radius 3 is 2.89 bits per heavy atom. The highest BCUT2D eigenvalue weighted by Gasteiger charge is 2.19. The number of aliphatic hydroxyl groups excluding tert-OH is 1.